The van der Waals surface area contributed by atoms with E-state index < -0.39 is 34.3 Å². The lowest BCUT2D eigenvalue weighted by molar-refractivity contribution is -0.0106. The van der Waals surface area contributed by atoms with Crippen molar-refractivity contribution in [2.75, 3.05) is 0 Å². The average molecular weight is 448 g/mol. The van der Waals surface area contributed by atoms with Crippen LogP contribution in [0.15, 0.2) is 83.8 Å². The van der Waals surface area contributed by atoms with E-state index >= 15 is 0 Å². The first-order valence-corrected chi connectivity index (χ1v) is 12.2. The zero-order valence-electron chi connectivity index (χ0n) is 18.0. The molecule has 0 radical (unpaired) electrons. The van der Waals surface area contributed by atoms with Crippen LogP contribution in [0.1, 0.15) is 40.1 Å². The quantitative estimate of drug-likeness (QED) is 0.590. The molecule has 1 aliphatic carbocycles. The van der Waals surface area contributed by atoms with Crippen molar-refractivity contribution in [3.8, 4) is 0 Å². The van der Waals surface area contributed by atoms with Crippen LogP contribution in [0.3, 0.4) is 0 Å². The minimum absolute atomic E-state index is 0.0596. The van der Waals surface area contributed by atoms with Gasteiger partial charge in [0, 0.05) is 5.56 Å². The van der Waals surface area contributed by atoms with Crippen molar-refractivity contribution < 1.29 is 17.9 Å². The number of ketones is 1. The van der Waals surface area contributed by atoms with E-state index in [1.807, 2.05) is 68.4 Å². The maximum Gasteiger partial charge on any atom is 0.245 e. The molecule has 4 atom stereocenters. The van der Waals surface area contributed by atoms with Gasteiger partial charge in [0.25, 0.3) is 0 Å². The number of carbonyl (C=O) groups is 1. The van der Waals surface area contributed by atoms with Gasteiger partial charge in [-0.2, -0.15) is 4.31 Å². The van der Waals surface area contributed by atoms with E-state index in [0.717, 1.165) is 16.7 Å². The normalized spacial score (nSPS) is 25.8. The molecule has 1 heterocycles. The van der Waals surface area contributed by atoms with Gasteiger partial charge in [0.2, 0.25) is 10.0 Å². The van der Waals surface area contributed by atoms with Crippen LogP contribution in [-0.4, -0.2) is 30.8 Å². The molecule has 5 rings (SSSR count). The second-order valence-corrected chi connectivity index (χ2v) is 10.4. The summed E-state index contributed by atoms with van der Waals surface area (Å²) in [5.74, 6) is -0.639. The van der Waals surface area contributed by atoms with E-state index in [4.69, 9.17) is 4.74 Å². The van der Waals surface area contributed by atoms with Gasteiger partial charge in [-0.15, -0.1) is 0 Å². The second-order valence-electron chi connectivity index (χ2n) is 8.58. The van der Waals surface area contributed by atoms with Crippen LogP contribution in [0.25, 0.3) is 0 Å². The van der Waals surface area contributed by atoms with E-state index in [0.29, 0.717) is 12.0 Å². The summed E-state index contributed by atoms with van der Waals surface area (Å²) in [7, 11) is -3.89. The number of hydrogen-bond acceptors (Lipinski definition) is 4. The number of hydrogen-bond donors (Lipinski definition) is 0. The summed E-state index contributed by atoms with van der Waals surface area (Å²) in [4.78, 5) is 13.5. The van der Waals surface area contributed by atoms with Crippen molar-refractivity contribution in [3.05, 3.63) is 101 Å². The zero-order valence-corrected chi connectivity index (χ0v) is 18.8. The van der Waals surface area contributed by atoms with E-state index in [1.54, 1.807) is 24.3 Å². The van der Waals surface area contributed by atoms with Crippen molar-refractivity contribution in [2.45, 2.75) is 43.5 Å². The Labute approximate surface area is 188 Å². The van der Waals surface area contributed by atoms with Gasteiger partial charge in [0.1, 0.15) is 12.3 Å². The number of sulfonamides is 1. The Morgan fingerprint density at radius 2 is 1.56 bits per heavy atom. The Morgan fingerprint density at radius 3 is 2.25 bits per heavy atom. The fourth-order valence-electron chi connectivity index (χ4n) is 4.85. The molecule has 3 aromatic rings. The molecule has 0 bridgehead atoms. The van der Waals surface area contributed by atoms with Crippen LogP contribution in [-0.2, 0) is 21.2 Å². The second kappa shape index (κ2) is 7.96. The van der Waals surface area contributed by atoms with Gasteiger partial charge in [-0.05, 0) is 43.5 Å². The molecule has 164 valence electrons. The first-order valence-electron chi connectivity index (χ1n) is 10.8. The maximum atomic E-state index is 13.8. The molecule has 0 saturated carbocycles. The van der Waals surface area contributed by atoms with E-state index in [1.165, 1.54) is 4.31 Å². The molecule has 1 aliphatic heterocycles. The molecule has 3 aromatic carbocycles. The monoisotopic (exact) mass is 447 g/mol. The van der Waals surface area contributed by atoms with Gasteiger partial charge in [-0.25, -0.2) is 8.42 Å². The molecule has 32 heavy (non-hydrogen) atoms. The highest BCUT2D eigenvalue weighted by atomic mass is 32.2. The summed E-state index contributed by atoms with van der Waals surface area (Å²) in [6.45, 7) is 3.77. The lowest BCUT2D eigenvalue weighted by atomic mass is 10.0. The smallest absolute Gasteiger partial charge is 0.245 e. The predicted octanol–water partition coefficient (Wildman–Crippen LogP) is 4.53. The van der Waals surface area contributed by atoms with Crippen molar-refractivity contribution in [3.63, 3.8) is 0 Å². The summed E-state index contributed by atoms with van der Waals surface area (Å²) in [5.41, 5.74) is 3.48. The molecule has 0 spiro atoms. The van der Waals surface area contributed by atoms with Crippen LogP contribution in [0.2, 0.25) is 0 Å². The summed E-state index contributed by atoms with van der Waals surface area (Å²) >= 11 is 0. The molecule has 1 saturated heterocycles. The molecule has 0 unspecified atom stereocenters. The number of fused-ring (bicyclic) bond motifs is 1. The number of ether oxygens (including phenoxy) is 1. The van der Waals surface area contributed by atoms with E-state index in [-0.39, 0.29) is 10.7 Å². The largest absolute Gasteiger partial charge is 0.352 e. The van der Waals surface area contributed by atoms with Crippen LogP contribution in [0, 0.1) is 12.8 Å². The standard InChI is InChI=1S/C26H25NO4S/c1-17-12-14-21(15-13-17)32(29,30)27-18(2)25(19-8-4-3-5-9-19)31-26(27)23-16-20-10-6-7-11-22(20)24(23)28/h3-15,18,23,25-26H,16H2,1-2H3/t18-,23-,25+,26-/m1/s1. The Bertz CT molecular complexity index is 1250. The van der Waals surface area contributed by atoms with Gasteiger partial charge < -0.3 is 4.74 Å². The third kappa shape index (κ3) is 3.39. The maximum absolute atomic E-state index is 13.8. The fourth-order valence-corrected chi connectivity index (χ4v) is 6.59. The number of carbonyl (C=O) groups excluding carboxylic acids is 1. The van der Waals surface area contributed by atoms with Gasteiger partial charge >= 0.3 is 0 Å². The van der Waals surface area contributed by atoms with Crippen LogP contribution in [0.4, 0.5) is 0 Å². The SMILES string of the molecule is Cc1ccc(S(=O)(=O)N2[C@H](C)[C@@H](c3ccccc3)O[C@@H]2[C@@H]2Cc3ccccc3C2=O)cc1. The third-order valence-corrected chi connectivity index (χ3v) is 8.47. The van der Waals surface area contributed by atoms with Crippen LogP contribution >= 0.6 is 0 Å². The lowest BCUT2D eigenvalue weighted by Gasteiger charge is -2.28. The van der Waals surface area contributed by atoms with Crippen LogP contribution in [0.5, 0.6) is 0 Å². The first-order chi connectivity index (χ1) is 15.4. The Hall–Kier alpha value is -2.80. The van der Waals surface area contributed by atoms with Gasteiger partial charge in [-0.1, -0.05) is 72.3 Å². The predicted molar refractivity (Wildman–Crippen MR) is 122 cm³/mol. The molecular formula is C26H25NO4S. The summed E-state index contributed by atoms with van der Waals surface area (Å²) in [6.07, 6.45) is -0.868. The van der Waals surface area contributed by atoms with Gasteiger partial charge in [-0.3, -0.25) is 4.79 Å². The zero-order chi connectivity index (χ0) is 22.5. The van der Waals surface area contributed by atoms with Crippen LogP contribution < -0.4 is 0 Å². The highest BCUT2D eigenvalue weighted by Crippen LogP contribution is 2.44. The number of aryl methyl sites for hydroxylation is 1. The van der Waals surface area contributed by atoms with Crippen molar-refractivity contribution >= 4 is 15.8 Å². The lowest BCUT2D eigenvalue weighted by Crippen LogP contribution is -2.45. The highest BCUT2D eigenvalue weighted by molar-refractivity contribution is 7.89. The van der Waals surface area contributed by atoms with Gasteiger partial charge in [0.05, 0.1) is 16.9 Å². The van der Waals surface area contributed by atoms with Gasteiger partial charge in [0.15, 0.2) is 5.78 Å². The Morgan fingerprint density at radius 1 is 0.906 bits per heavy atom. The minimum atomic E-state index is -3.89. The molecule has 5 nitrogen and oxygen atoms in total. The molecule has 0 amide bonds. The summed E-state index contributed by atoms with van der Waals surface area (Å²) in [6, 6.07) is 23.4. The first kappa shape index (κ1) is 21.1. The topological polar surface area (TPSA) is 63.7 Å². The molecule has 1 fully saturated rings. The molecule has 0 N–H and O–H groups in total. The number of rotatable bonds is 4. The van der Waals surface area contributed by atoms with E-state index in [9.17, 15) is 13.2 Å². The molecule has 0 aromatic heterocycles. The van der Waals surface area contributed by atoms with Crippen molar-refractivity contribution in [1.29, 1.82) is 0 Å². The Kier molecular flexibility index (Phi) is 5.24. The summed E-state index contributed by atoms with van der Waals surface area (Å²) in [5, 5.41) is 0. The fraction of sp³-hybridized carbons (Fsp3) is 0.269. The molecular weight excluding hydrogens is 422 g/mol. The average Bonchev–Trinajstić information content (AvgIpc) is 3.32. The minimum Gasteiger partial charge on any atom is -0.352 e. The molecule has 6 heteroatoms. The number of nitrogens with zero attached hydrogens (tertiary/aromatic N) is 1. The van der Waals surface area contributed by atoms with E-state index in [2.05, 4.69) is 0 Å². The number of Topliss-reactive ketones (excluding diaryl/α,β-unsaturated/α-hetero) is 1. The highest BCUT2D eigenvalue weighted by Gasteiger charge is 2.53. The van der Waals surface area contributed by atoms with Crippen molar-refractivity contribution in [2.24, 2.45) is 5.92 Å². The number of benzene rings is 3. The Balaban J connectivity index is 1.58. The van der Waals surface area contributed by atoms with Crippen molar-refractivity contribution in [1.82, 2.24) is 4.31 Å². The summed E-state index contributed by atoms with van der Waals surface area (Å²) < 4.78 is 35.5. The third-order valence-electron chi connectivity index (χ3n) is 6.50. The molecule has 2 aliphatic rings.